The Morgan fingerprint density at radius 3 is 2.74 bits per heavy atom. The molecule has 0 aliphatic carbocycles. The third-order valence-electron chi connectivity index (χ3n) is 2.46. The van der Waals surface area contributed by atoms with E-state index in [2.05, 4.69) is 10.3 Å². The minimum Gasteiger partial charge on any atom is -0.478 e. The highest BCUT2D eigenvalue weighted by atomic mass is 32.1. The van der Waals surface area contributed by atoms with Crippen molar-refractivity contribution in [3.63, 3.8) is 0 Å². The van der Waals surface area contributed by atoms with E-state index in [4.69, 9.17) is 5.11 Å². The van der Waals surface area contributed by atoms with Crippen LogP contribution in [0, 0.1) is 0 Å². The molecule has 2 aromatic heterocycles. The molecule has 2 rings (SSSR count). The molecule has 0 atom stereocenters. The molecule has 0 spiro atoms. The Labute approximate surface area is 113 Å². The minimum atomic E-state index is -1.04. The molecule has 0 aliphatic heterocycles. The number of anilines is 1. The van der Waals surface area contributed by atoms with Crippen molar-refractivity contribution >= 4 is 29.0 Å². The van der Waals surface area contributed by atoms with Gasteiger partial charge in [-0.25, -0.2) is 9.78 Å². The number of carbonyl (C=O) groups excluding carboxylic acids is 1. The van der Waals surface area contributed by atoms with Crippen LogP contribution in [0.25, 0.3) is 0 Å². The zero-order valence-electron chi connectivity index (χ0n) is 10.00. The van der Waals surface area contributed by atoms with E-state index >= 15 is 0 Å². The SMILES string of the molecule is O=C(CCc1cccs1)Nc1ccc(C(=O)O)cn1. The molecule has 2 N–H and O–H groups in total. The molecule has 1 amide bonds. The van der Waals surface area contributed by atoms with Gasteiger partial charge in [0.1, 0.15) is 5.82 Å². The third kappa shape index (κ3) is 3.89. The monoisotopic (exact) mass is 276 g/mol. The summed E-state index contributed by atoms with van der Waals surface area (Å²) >= 11 is 1.62. The number of carboxylic acids is 1. The summed E-state index contributed by atoms with van der Waals surface area (Å²) < 4.78 is 0. The van der Waals surface area contributed by atoms with E-state index in [9.17, 15) is 9.59 Å². The summed E-state index contributed by atoms with van der Waals surface area (Å²) in [4.78, 5) is 27.3. The van der Waals surface area contributed by atoms with E-state index in [0.29, 0.717) is 18.7 Å². The van der Waals surface area contributed by atoms with Crippen LogP contribution < -0.4 is 5.32 Å². The molecular weight excluding hydrogens is 264 g/mol. The van der Waals surface area contributed by atoms with E-state index in [-0.39, 0.29) is 11.5 Å². The first-order valence-electron chi connectivity index (χ1n) is 5.67. The van der Waals surface area contributed by atoms with Crippen molar-refractivity contribution in [2.24, 2.45) is 0 Å². The van der Waals surface area contributed by atoms with Crippen molar-refractivity contribution in [3.8, 4) is 0 Å². The number of nitrogens with zero attached hydrogens (tertiary/aromatic N) is 1. The maximum absolute atomic E-state index is 11.7. The average molecular weight is 276 g/mol. The Kier molecular flexibility index (Phi) is 4.25. The Bertz CT molecular complexity index is 564. The molecule has 0 aliphatic rings. The zero-order chi connectivity index (χ0) is 13.7. The van der Waals surface area contributed by atoms with Gasteiger partial charge in [0.15, 0.2) is 0 Å². The molecule has 2 aromatic rings. The molecule has 0 saturated heterocycles. The van der Waals surface area contributed by atoms with Gasteiger partial charge in [-0.3, -0.25) is 4.79 Å². The maximum atomic E-state index is 11.7. The number of aromatic nitrogens is 1. The second kappa shape index (κ2) is 6.10. The Hall–Kier alpha value is -2.21. The molecule has 0 bridgehead atoms. The number of aryl methyl sites for hydroxylation is 1. The van der Waals surface area contributed by atoms with Crippen molar-refractivity contribution in [3.05, 3.63) is 46.3 Å². The average Bonchev–Trinajstić information content (AvgIpc) is 2.90. The number of amides is 1. The van der Waals surface area contributed by atoms with Crippen LogP contribution in [0.5, 0.6) is 0 Å². The lowest BCUT2D eigenvalue weighted by molar-refractivity contribution is -0.116. The van der Waals surface area contributed by atoms with Gasteiger partial charge in [0.05, 0.1) is 5.56 Å². The van der Waals surface area contributed by atoms with Gasteiger partial charge in [-0.2, -0.15) is 0 Å². The molecule has 0 radical (unpaired) electrons. The number of nitrogens with one attached hydrogen (secondary N) is 1. The lowest BCUT2D eigenvalue weighted by Crippen LogP contribution is -2.13. The fourth-order valence-electron chi connectivity index (χ4n) is 1.49. The summed E-state index contributed by atoms with van der Waals surface area (Å²) in [5.41, 5.74) is 0.0941. The van der Waals surface area contributed by atoms with E-state index in [1.54, 1.807) is 11.3 Å². The number of hydrogen-bond acceptors (Lipinski definition) is 4. The number of thiophene rings is 1. The first-order valence-corrected chi connectivity index (χ1v) is 6.54. The molecule has 0 fully saturated rings. The summed E-state index contributed by atoms with van der Waals surface area (Å²) in [6, 6.07) is 6.82. The lowest BCUT2D eigenvalue weighted by Gasteiger charge is -2.03. The standard InChI is InChI=1S/C13H12N2O3S/c16-12(6-4-10-2-1-7-19-10)15-11-5-3-9(8-14-11)13(17)18/h1-3,5,7-8H,4,6H2,(H,17,18)(H,14,15,16). The summed E-state index contributed by atoms with van der Waals surface area (Å²) in [7, 11) is 0. The van der Waals surface area contributed by atoms with Crippen molar-refractivity contribution in [1.29, 1.82) is 0 Å². The van der Waals surface area contributed by atoms with Crippen LogP contribution in [-0.2, 0) is 11.2 Å². The van der Waals surface area contributed by atoms with Crippen LogP contribution >= 0.6 is 11.3 Å². The highest BCUT2D eigenvalue weighted by molar-refractivity contribution is 7.09. The van der Waals surface area contributed by atoms with Crippen LogP contribution in [0.2, 0.25) is 0 Å². The van der Waals surface area contributed by atoms with Gasteiger partial charge in [0.25, 0.3) is 0 Å². The third-order valence-corrected chi connectivity index (χ3v) is 3.39. The molecular formula is C13H12N2O3S. The Morgan fingerprint density at radius 2 is 2.16 bits per heavy atom. The lowest BCUT2D eigenvalue weighted by atomic mass is 10.2. The number of hydrogen-bond donors (Lipinski definition) is 2. The number of pyridine rings is 1. The Morgan fingerprint density at radius 1 is 1.32 bits per heavy atom. The molecule has 0 saturated carbocycles. The summed E-state index contributed by atoms with van der Waals surface area (Å²) in [5.74, 6) is -0.812. The van der Waals surface area contributed by atoms with Crippen molar-refractivity contribution in [2.45, 2.75) is 12.8 Å². The summed E-state index contributed by atoms with van der Waals surface area (Å²) in [5, 5.41) is 13.3. The number of carbonyl (C=O) groups is 2. The van der Waals surface area contributed by atoms with Crippen LogP contribution in [0.3, 0.4) is 0 Å². The predicted molar refractivity (Wildman–Crippen MR) is 72.5 cm³/mol. The fraction of sp³-hybridized carbons (Fsp3) is 0.154. The van der Waals surface area contributed by atoms with Crippen molar-refractivity contribution in [1.82, 2.24) is 4.98 Å². The van der Waals surface area contributed by atoms with Gasteiger partial charge in [-0.05, 0) is 30.0 Å². The zero-order valence-corrected chi connectivity index (χ0v) is 10.8. The normalized spacial score (nSPS) is 10.1. The first-order chi connectivity index (χ1) is 9.15. The van der Waals surface area contributed by atoms with Crippen molar-refractivity contribution < 1.29 is 14.7 Å². The number of aromatic carboxylic acids is 1. The molecule has 19 heavy (non-hydrogen) atoms. The molecule has 5 nitrogen and oxygen atoms in total. The van der Waals surface area contributed by atoms with E-state index < -0.39 is 5.97 Å². The first kappa shape index (κ1) is 13.2. The van der Waals surface area contributed by atoms with Gasteiger partial charge in [-0.1, -0.05) is 6.07 Å². The van der Waals surface area contributed by atoms with Crippen molar-refractivity contribution in [2.75, 3.05) is 5.32 Å². The second-order valence-electron chi connectivity index (χ2n) is 3.86. The quantitative estimate of drug-likeness (QED) is 0.879. The fourth-order valence-corrected chi connectivity index (χ4v) is 2.20. The molecule has 2 heterocycles. The van der Waals surface area contributed by atoms with Gasteiger partial charge in [0, 0.05) is 17.5 Å². The van der Waals surface area contributed by atoms with Crippen LogP contribution in [-0.4, -0.2) is 22.0 Å². The summed E-state index contributed by atoms with van der Waals surface area (Å²) in [6.45, 7) is 0. The maximum Gasteiger partial charge on any atom is 0.337 e. The number of carboxylic acid groups (broad SMARTS) is 1. The highest BCUT2D eigenvalue weighted by Crippen LogP contribution is 2.12. The van der Waals surface area contributed by atoms with Gasteiger partial charge in [-0.15, -0.1) is 11.3 Å². The minimum absolute atomic E-state index is 0.0941. The molecule has 0 unspecified atom stereocenters. The van der Waals surface area contributed by atoms with Gasteiger partial charge in [0.2, 0.25) is 5.91 Å². The predicted octanol–water partition coefficient (Wildman–Crippen LogP) is 2.41. The molecule has 98 valence electrons. The highest BCUT2D eigenvalue weighted by Gasteiger charge is 2.06. The molecule has 0 aromatic carbocycles. The Balaban J connectivity index is 1.86. The van der Waals surface area contributed by atoms with Crippen LogP contribution in [0.15, 0.2) is 35.8 Å². The van der Waals surface area contributed by atoms with E-state index in [1.165, 1.54) is 18.3 Å². The van der Waals surface area contributed by atoms with Gasteiger partial charge >= 0.3 is 5.97 Å². The van der Waals surface area contributed by atoms with E-state index in [1.807, 2.05) is 17.5 Å². The van der Waals surface area contributed by atoms with E-state index in [0.717, 1.165) is 4.88 Å². The summed E-state index contributed by atoms with van der Waals surface area (Å²) in [6.07, 6.45) is 2.29. The topological polar surface area (TPSA) is 79.3 Å². The molecule has 6 heteroatoms. The van der Waals surface area contributed by atoms with Gasteiger partial charge < -0.3 is 10.4 Å². The van der Waals surface area contributed by atoms with Crippen LogP contribution in [0.1, 0.15) is 21.7 Å². The van der Waals surface area contributed by atoms with Crippen LogP contribution in [0.4, 0.5) is 5.82 Å². The smallest absolute Gasteiger partial charge is 0.337 e. The number of rotatable bonds is 5. The second-order valence-corrected chi connectivity index (χ2v) is 4.90. The largest absolute Gasteiger partial charge is 0.478 e.